The fourth-order valence-electron chi connectivity index (χ4n) is 4.00. The Morgan fingerprint density at radius 2 is 1.83 bits per heavy atom. The fourth-order valence-corrected chi connectivity index (χ4v) is 4.00. The Labute approximate surface area is 211 Å². The summed E-state index contributed by atoms with van der Waals surface area (Å²) in [4.78, 5) is 30.5. The van der Waals surface area contributed by atoms with Crippen LogP contribution in [-0.2, 0) is 14.3 Å². The molecule has 1 amide bonds. The Morgan fingerprint density at radius 3 is 2.44 bits per heavy atom. The van der Waals surface area contributed by atoms with E-state index in [1.807, 2.05) is 80.8 Å². The van der Waals surface area contributed by atoms with Crippen LogP contribution in [0.1, 0.15) is 53.0 Å². The molecule has 0 saturated heterocycles. The van der Waals surface area contributed by atoms with Crippen LogP contribution in [0.4, 0.5) is 5.95 Å². The zero-order valence-corrected chi connectivity index (χ0v) is 21.6. The summed E-state index contributed by atoms with van der Waals surface area (Å²) >= 11 is 0. The van der Waals surface area contributed by atoms with Gasteiger partial charge in [-0.15, -0.1) is 0 Å². The molecule has 0 aliphatic carbocycles. The number of nitrogens with two attached hydrogens (primary N) is 1. The average molecular weight is 497 g/mol. The van der Waals surface area contributed by atoms with Crippen LogP contribution in [0.15, 0.2) is 48.5 Å². The number of carbonyl (C=O) groups excluding carboxylic acids is 1. The summed E-state index contributed by atoms with van der Waals surface area (Å²) < 4.78 is 13.5. The second-order valence-electron chi connectivity index (χ2n) is 9.79. The molecule has 2 aromatic carbocycles. The monoisotopic (exact) mass is 496 g/mol. The summed E-state index contributed by atoms with van der Waals surface area (Å²) in [5.74, 6) is 0.368. The van der Waals surface area contributed by atoms with Gasteiger partial charge in [0.05, 0.1) is 23.2 Å². The maximum atomic E-state index is 12.9. The van der Waals surface area contributed by atoms with Crippen LogP contribution in [0, 0.1) is 0 Å². The molecule has 9 heteroatoms. The number of amides is 1. The first-order chi connectivity index (χ1) is 17.0. The summed E-state index contributed by atoms with van der Waals surface area (Å²) in [5.41, 5.74) is 7.33. The van der Waals surface area contributed by atoms with Gasteiger partial charge in [-0.25, -0.2) is 9.78 Å². The highest BCUT2D eigenvalue weighted by atomic mass is 16.5. The third-order valence-corrected chi connectivity index (χ3v) is 6.02. The number of nitrogen functional groups attached to an aromatic ring is 1. The molecule has 0 radical (unpaired) electrons. The van der Waals surface area contributed by atoms with Gasteiger partial charge in [-0.2, -0.15) is 0 Å². The van der Waals surface area contributed by atoms with Crippen LogP contribution in [0.5, 0.6) is 11.5 Å². The number of carbonyl (C=O) groups is 2. The van der Waals surface area contributed by atoms with Crippen molar-refractivity contribution in [3.63, 3.8) is 0 Å². The highest BCUT2D eigenvalue weighted by molar-refractivity contribution is 5.84. The molecule has 36 heavy (non-hydrogen) atoms. The highest BCUT2D eigenvalue weighted by Gasteiger charge is 2.29. The fraction of sp³-hybridized carbons (Fsp3) is 0.444. The van der Waals surface area contributed by atoms with Crippen molar-refractivity contribution in [2.24, 2.45) is 0 Å². The number of rotatable bonds is 11. The van der Waals surface area contributed by atoms with E-state index >= 15 is 0 Å². The van der Waals surface area contributed by atoms with E-state index in [9.17, 15) is 14.7 Å². The van der Waals surface area contributed by atoms with Crippen molar-refractivity contribution in [3.8, 4) is 11.5 Å². The molecule has 0 aliphatic rings. The largest absolute Gasteiger partial charge is 0.480 e. The van der Waals surface area contributed by atoms with Crippen molar-refractivity contribution >= 4 is 28.9 Å². The number of fused-ring (bicyclic) bond motifs is 1. The molecule has 194 valence electrons. The van der Waals surface area contributed by atoms with Gasteiger partial charge < -0.3 is 29.8 Å². The summed E-state index contributed by atoms with van der Waals surface area (Å²) in [5, 5.41) is 9.64. The zero-order valence-electron chi connectivity index (χ0n) is 21.6. The molecule has 1 heterocycles. The Hall–Kier alpha value is -3.59. The molecule has 3 N–H and O–H groups in total. The maximum Gasteiger partial charge on any atom is 0.328 e. The Kier molecular flexibility index (Phi) is 8.57. The van der Waals surface area contributed by atoms with Gasteiger partial charge in [0.15, 0.2) is 6.04 Å². The van der Waals surface area contributed by atoms with Gasteiger partial charge in [-0.05, 0) is 57.9 Å². The molecule has 1 aromatic heterocycles. The number of aliphatic carboxylic acids is 1. The van der Waals surface area contributed by atoms with Gasteiger partial charge in [-0.1, -0.05) is 25.1 Å². The van der Waals surface area contributed by atoms with Gasteiger partial charge >= 0.3 is 5.97 Å². The topological polar surface area (TPSA) is 120 Å². The minimum Gasteiger partial charge on any atom is -0.480 e. The van der Waals surface area contributed by atoms with Crippen LogP contribution >= 0.6 is 0 Å². The molecule has 0 saturated carbocycles. The number of benzene rings is 2. The van der Waals surface area contributed by atoms with Crippen molar-refractivity contribution in [1.29, 1.82) is 0 Å². The maximum absolute atomic E-state index is 12.9. The molecule has 9 nitrogen and oxygen atoms in total. The molecule has 3 aromatic rings. The number of hydrogen-bond donors (Lipinski definition) is 2. The predicted octanol–water partition coefficient (Wildman–Crippen LogP) is 4.87. The lowest BCUT2D eigenvalue weighted by Crippen LogP contribution is -2.46. The minimum absolute atomic E-state index is 0.0818. The van der Waals surface area contributed by atoms with E-state index in [4.69, 9.17) is 15.2 Å². The second kappa shape index (κ2) is 11.4. The number of carboxylic acid groups (broad SMARTS) is 1. The highest BCUT2D eigenvalue weighted by Crippen LogP contribution is 2.32. The standard InChI is InChI=1S/C27H36N4O5/c1-6-18(12-15-24(32)30(5)23(25(33)34)17-35-27(2,3)4)31-22-16-20(13-14-21(22)29-26(31)28)36-19-10-8-7-9-11-19/h7-11,13-14,16,18,23H,6,12,15,17H2,1-5H3,(H2,28,29)(H,33,34). The minimum atomic E-state index is -1.10. The van der Waals surface area contributed by atoms with Crippen molar-refractivity contribution in [1.82, 2.24) is 14.5 Å². The van der Waals surface area contributed by atoms with Crippen molar-refractivity contribution in [2.75, 3.05) is 19.4 Å². The lowest BCUT2D eigenvalue weighted by Gasteiger charge is -2.29. The summed E-state index contributed by atoms with van der Waals surface area (Å²) in [6.45, 7) is 7.47. The lowest BCUT2D eigenvalue weighted by atomic mass is 10.1. The molecular weight excluding hydrogens is 460 g/mol. The molecule has 0 aliphatic heterocycles. The number of ether oxygens (including phenoxy) is 2. The van der Waals surface area contributed by atoms with E-state index < -0.39 is 17.6 Å². The molecule has 3 rings (SSSR count). The third kappa shape index (κ3) is 6.75. The first kappa shape index (κ1) is 27.0. The number of imidazole rings is 1. The Bertz CT molecular complexity index is 1190. The molecule has 0 spiro atoms. The molecule has 2 atom stereocenters. The van der Waals surface area contributed by atoms with Crippen LogP contribution in [-0.4, -0.2) is 56.7 Å². The molecule has 0 fully saturated rings. The Balaban J connectivity index is 1.75. The number of para-hydroxylation sites is 1. The SMILES string of the molecule is CCC(CCC(=O)N(C)C(COC(C)(C)C)C(=O)O)n1c(N)nc2ccc(Oc3ccccc3)cc21. The van der Waals surface area contributed by atoms with Crippen LogP contribution in [0.25, 0.3) is 11.0 Å². The van der Waals surface area contributed by atoms with E-state index in [0.717, 1.165) is 16.8 Å². The van der Waals surface area contributed by atoms with E-state index in [2.05, 4.69) is 4.98 Å². The first-order valence-electron chi connectivity index (χ1n) is 12.1. The van der Waals surface area contributed by atoms with Crippen LogP contribution < -0.4 is 10.5 Å². The van der Waals surface area contributed by atoms with Crippen molar-refractivity contribution < 1.29 is 24.2 Å². The smallest absolute Gasteiger partial charge is 0.328 e. The summed E-state index contributed by atoms with van der Waals surface area (Å²) in [6.07, 6.45) is 1.35. The number of anilines is 1. The first-order valence-corrected chi connectivity index (χ1v) is 12.1. The lowest BCUT2D eigenvalue weighted by molar-refractivity contribution is -0.154. The van der Waals surface area contributed by atoms with E-state index in [-0.39, 0.29) is 25.0 Å². The van der Waals surface area contributed by atoms with Gasteiger partial charge in [0.2, 0.25) is 11.9 Å². The normalized spacial score (nSPS) is 13.4. The molecule has 0 bridgehead atoms. The van der Waals surface area contributed by atoms with E-state index in [0.29, 0.717) is 24.5 Å². The van der Waals surface area contributed by atoms with Crippen molar-refractivity contribution in [2.45, 2.75) is 64.6 Å². The van der Waals surface area contributed by atoms with Crippen LogP contribution in [0.2, 0.25) is 0 Å². The summed E-state index contributed by atoms with van der Waals surface area (Å²) in [6, 6.07) is 13.9. The number of nitrogens with zero attached hydrogens (tertiary/aromatic N) is 3. The number of hydrogen-bond acceptors (Lipinski definition) is 6. The quantitative estimate of drug-likeness (QED) is 0.389. The molecule has 2 unspecified atom stereocenters. The molecular formula is C27H36N4O5. The number of likely N-dealkylation sites (N-methyl/N-ethyl adjacent to an activating group) is 1. The van der Waals surface area contributed by atoms with Gasteiger partial charge in [0.1, 0.15) is 11.5 Å². The predicted molar refractivity (Wildman–Crippen MR) is 139 cm³/mol. The summed E-state index contributed by atoms with van der Waals surface area (Å²) in [7, 11) is 1.50. The average Bonchev–Trinajstić information content (AvgIpc) is 3.14. The Morgan fingerprint density at radius 1 is 1.14 bits per heavy atom. The number of aromatic nitrogens is 2. The third-order valence-electron chi connectivity index (χ3n) is 6.02. The number of carboxylic acids is 1. The zero-order chi connectivity index (χ0) is 26.5. The van der Waals surface area contributed by atoms with E-state index in [1.165, 1.54) is 11.9 Å². The van der Waals surface area contributed by atoms with Crippen LogP contribution in [0.3, 0.4) is 0 Å². The van der Waals surface area contributed by atoms with Crippen molar-refractivity contribution in [3.05, 3.63) is 48.5 Å². The second-order valence-corrected chi connectivity index (χ2v) is 9.79. The van der Waals surface area contributed by atoms with Gasteiger partial charge in [0, 0.05) is 25.6 Å². The van der Waals surface area contributed by atoms with Gasteiger partial charge in [-0.3, -0.25) is 4.79 Å². The van der Waals surface area contributed by atoms with E-state index in [1.54, 1.807) is 0 Å². The van der Waals surface area contributed by atoms with Gasteiger partial charge in [0.25, 0.3) is 0 Å².